The van der Waals surface area contributed by atoms with Crippen LogP contribution in [0.2, 0.25) is 0 Å². The van der Waals surface area contributed by atoms with Gasteiger partial charge in [-0.1, -0.05) is 58.9 Å². The molecule has 4 aliphatic rings. The molecule has 0 radical (unpaired) electrons. The van der Waals surface area contributed by atoms with E-state index in [-0.39, 0.29) is 6.03 Å². The molecule has 178 valence electrons. The van der Waals surface area contributed by atoms with E-state index in [9.17, 15) is 4.79 Å². The van der Waals surface area contributed by atoms with Gasteiger partial charge in [-0.25, -0.2) is 4.79 Å². The zero-order chi connectivity index (χ0) is 22.2. The Morgan fingerprint density at radius 3 is 2.55 bits per heavy atom. The van der Waals surface area contributed by atoms with E-state index in [4.69, 9.17) is 0 Å². The van der Waals surface area contributed by atoms with Crippen LogP contribution in [0.3, 0.4) is 0 Å². The minimum absolute atomic E-state index is 0.0428. The van der Waals surface area contributed by atoms with Crippen LogP contribution in [0.15, 0.2) is 0 Å². The number of fused-ring (bicyclic) bond motifs is 5. The van der Waals surface area contributed by atoms with Crippen molar-refractivity contribution in [2.24, 2.45) is 52.3 Å². The summed E-state index contributed by atoms with van der Waals surface area (Å²) in [6, 6.07) is -0.0428. The number of rotatable bonds is 6. The fourth-order valence-corrected chi connectivity index (χ4v) is 10.00. The molecule has 4 heteroatoms. The molecule has 4 rings (SSSR count). The number of hydrogen-bond donors (Lipinski definition) is 2. The Bertz CT molecular complexity index is 641. The molecule has 4 saturated carbocycles. The van der Waals surface area contributed by atoms with E-state index in [1.54, 1.807) is 0 Å². The van der Waals surface area contributed by atoms with Crippen molar-refractivity contribution in [3.63, 3.8) is 0 Å². The second kappa shape index (κ2) is 9.47. The molecule has 0 aromatic carbocycles. The summed E-state index contributed by atoms with van der Waals surface area (Å²) in [7, 11) is 0. The van der Waals surface area contributed by atoms with Gasteiger partial charge >= 0.3 is 6.03 Å². The average Bonchev–Trinajstić information content (AvgIpc) is 3.10. The molecule has 0 saturated heterocycles. The van der Waals surface area contributed by atoms with E-state index in [0.717, 1.165) is 48.5 Å². The summed E-state index contributed by atoms with van der Waals surface area (Å²) in [6.45, 7) is 11.1. The van der Waals surface area contributed by atoms with E-state index in [1.165, 1.54) is 76.2 Å². The SMILES string of the molecule is CC[C@H]1CC2C3CC[C@H]([C@H](C)CCNC(=O)NSC)C3(C)CC[C@@H]2C2(C)CCCCC12. The number of urea groups is 1. The number of amides is 2. The molecule has 4 aliphatic carbocycles. The fraction of sp³-hybridized carbons (Fsp3) is 0.963. The Morgan fingerprint density at radius 2 is 1.81 bits per heavy atom. The lowest BCUT2D eigenvalue weighted by atomic mass is 9.42. The highest BCUT2D eigenvalue weighted by Gasteiger charge is 2.61. The third kappa shape index (κ3) is 4.17. The molecule has 0 bridgehead atoms. The monoisotopic (exact) mass is 448 g/mol. The van der Waals surface area contributed by atoms with Crippen molar-refractivity contribution in [2.45, 2.75) is 98.3 Å². The molecular weight excluding hydrogens is 400 g/mol. The van der Waals surface area contributed by atoms with Gasteiger partial charge in [0.25, 0.3) is 0 Å². The molecule has 0 aliphatic heterocycles. The molecule has 0 heterocycles. The quantitative estimate of drug-likeness (QED) is 0.419. The van der Waals surface area contributed by atoms with E-state index < -0.39 is 0 Å². The Kier molecular flexibility index (Phi) is 7.26. The molecule has 0 aromatic rings. The zero-order valence-electron chi connectivity index (χ0n) is 20.8. The van der Waals surface area contributed by atoms with Gasteiger partial charge in [0.1, 0.15) is 0 Å². The Morgan fingerprint density at radius 1 is 1.03 bits per heavy atom. The maximum absolute atomic E-state index is 11.8. The van der Waals surface area contributed by atoms with Gasteiger partial charge in [0.2, 0.25) is 0 Å². The molecule has 0 aromatic heterocycles. The summed E-state index contributed by atoms with van der Waals surface area (Å²) in [5.74, 6) is 6.43. The maximum atomic E-state index is 11.8. The molecule has 31 heavy (non-hydrogen) atoms. The molecular formula is C27H48N2OS. The number of hydrogen-bond acceptors (Lipinski definition) is 2. The van der Waals surface area contributed by atoms with Crippen LogP contribution in [-0.2, 0) is 0 Å². The van der Waals surface area contributed by atoms with E-state index in [1.807, 2.05) is 6.26 Å². The van der Waals surface area contributed by atoms with E-state index in [0.29, 0.717) is 16.7 Å². The van der Waals surface area contributed by atoms with Gasteiger partial charge in [-0.2, -0.15) is 0 Å². The minimum Gasteiger partial charge on any atom is -0.337 e. The van der Waals surface area contributed by atoms with Crippen molar-refractivity contribution in [1.82, 2.24) is 10.0 Å². The van der Waals surface area contributed by atoms with Crippen molar-refractivity contribution >= 4 is 18.0 Å². The van der Waals surface area contributed by atoms with Gasteiger partial charge in [0, 0.05) is 12.8 Å². The molecule has 4 fully saturated rings. The van der Waals surface area contributed by atoms with Crippen LogP contribution in [0.25, 0.3) is 0 Å². The summed E-state index contributed by atoms with van der Waals surface area (Å²) in [4.78, 5) is 11.8. The predicted octanol–water partition coefficient (Wildman–Crippen LogP) is 7.27. The number of nitrogens with one attached hydrogen (secondary N) is 2. The predicted molar refractivity (Wildman–Crippen MR) is 133 cm³/mol. The van der Waals surface area contributed by atoms with Crippen molar-refractivity contribution < 1.29 is 4.79 Å². The highest BCUT2D eigenvalue weighted by molar-refractivity contribution is 7.97. The summed E-state index contributed by atoms with van der Waals surface area (Å²) >= 11 is 1.37. The first-order valence-electron chi connectivity index (χ1n) is 13.4. The standard InChI is InChI=1S/C27H48N2OS/c1-6-19-17-20-23-11-10-21(18(2)13-16-28-25(30)29-31-5)27(23,4)15-12-24(20)26(3)14-8-7-9-22(19)26/h18-24H,6-17H2,1-5H3,(H2,28,29,30)/t18-,19+,20?,21-,22?,23?,24+,26?,27?/m1/s1. The normalized spacial score (nSPS) is 45.2. The van der Waals surface area contributed by atoms with Gasteiger partial charge < -0.3 is 5.32 Å². The fourth-order valence-electron chi connectivity index (χ4n) is 9.74. The lowest BCUT2D eigenvalue weighted by Crippen LogP contribution is -2.55. The topological polar surface area (TPSA) is 41.1 Å². The van der Waals surface area contributed by atoms with Crippen molar-refractivity contribution in [3.05, 3.63) is 0 Å². The molecule has 5 unspecified atom stereocenters. The van der Waals surface area contributed by atoms with Gasteiger partial charge in [-0.05, 0) is 104 Å². The number of carbonyl (C=O) groups is 1. The Hall–Kier alpha value is -0.380. The minimum atomic E-state index is -0.0428. The molecule has 2 N–H and O–H groups in total. The first-order chi connectivity index (χ1) is 14.8. The summed E-state index contributed by atoms with van der Waals surface area (Å²) in [5.41, 5.74) is 1.15. The van der Waals surface area contributed by atoms with Crippen LogP contribution >= 0.6 is 11.9 Å². The summed E-state index contributed by atoms with van der Waals surface area (Å²) in [6.07, 6.45) is 17.7. The van der Waals surface area contributed by atoms with Crippen LogP contribution in [0, 0.1) is 52.3 Å². The largest absolute Gasteiger partial charge is 0.337 e. The highest BCUT2D eigenvalue weighted by atomic mass is 32.2. The summed E-state index contributed by atoms with van der Waals surface area (Å²) < 4.78 is 2.78. The molecule has 3 nitrogen and oxygen atoms in total. The molecule has 2 amide bonds. The van der Waals surface area contributed by atoms with Crippen LogP contribution in [0.5, 0.6) is 0 Å². The maximum Gasteiger partial charge on any atom is 0.324 e. The summed E-state index contributed by atoms with van der Waals surface area (Å²) in [5, 5.41) is 3.05. The van der Waals surface area contributed by atoms with Crippen molar-refractivity contribution in [3.8, 4) is 0 Å². The van der Waals surface area contributed by atoms with Crippen LogP contribution < -0.4 is 10.0 Å². The van der Waals surface area contributed by atoms with E-state index >= 15 is 0 Å². The van der Waals surface area contributed by atoms with Gasteiger partial charge in [-0.3, -0.25) is 4.72 Å². The van der Waals surface area contributed by atoms with Crippen LogP contribution in [0.4, 0.5) is 4.79 Å². The van der Waals surface area contributed by atoms with E-state index in [2.05, 4.69) is 37.7 Å². The zero-order valence-corrected chi connectivity index (χ0v) is 21.7. The third-order valence-electron chi connectivity index (χ3n) is 11.1. The Balaban J connectivity index is 1.45. The Labute approximate surface area is 196 Å². The lowest BCUT2D eigenvalue weighted by molar-refractivity contribution is -0.138. The van der Waals surface area contributed by atoms with Crippen molar-refractivity contribution in [1.29, 1.82) is 0 Å². The smallest absolute Gasteiger partial charge is 0.324 e. The second-order valence-corrected chi connectivity index (χ2v) is 12.8. The lowest BCUT2D eigenvalue weighted by Gasteiger charge is -2.63. The van der Waals surface area contributed by atoms with Gasteiger partial charge in [-0.15, -0.1) is 0 Å². The second-order valence-electron chi connectivity index (χ2n) is 12.2. The molecule has 0 spiro atoms. The first kappa shape index (κ1) is 23.8. The highest BCUT2D eigenvalue weighted by Crippen LogP contribution is 2.69. The average molecular weight is 449 g/mol. The van der Waals surface area contributed by atoms with Crippen molar-refractivity contribution in [2.75, 3.05) is 12.8 Å². The molecule has 9 atom stereocenters. The first-order valence-corrected chi connectivity index (χ1v) is 14.6. The van der Waals surface area contributed by atoms with Gasteiger partial charge in [0.15, 0.2) is 0 Å². The van der Waals surface area contributed by atoms with Crippen LogP contribution in [-0.4, -0.2) is 18.8 Å². The van der Waals surface area contributed by atoms with Gasteiger partial charge in [0.05, 0.1) is 0 Å². The van der Waals surface area contributed by atoms with Crippen LogP contribution in [0.1, 0.15) is 98.3 Å². The number of carbonyl (C=O) groups excluding carboxylic acids is 1. The third-order valence-corrected chi connectivity index (χ3v) is 11.5.